The molecule has 0 amide bonds. The van der Waals surface area contributed by atoms with Gasteiger partial charge in [-0.05, 0) is 18.9 Å². The Kier molecular flexibility index (Phi) is 3.84. The Hall–Kier alpha value is -1.29. The molecule has 0 aromatic carbocycles. The number of ether oxygens (including phenoxy) is 1. The molecule has 1 aliphatic rings. The fraction of sp³-hybridized carbons (Fsp3) is 0.615. The van der Waals surface area contributed by atoms with E-state index < -0.39 is 0 Å². The molecule has 1 aliphatic carbocycles. The monoisotopic (exact) mass is 235 g/mol. The summed E-state index contributed by atoms with van der Waals surface area (Å²) in [6.07, 6.45) is 7.89. The minimum atomic E-state index is 0.0601. The third-order valence-electron chi connectivity index (χ3n) is 3.55. The van der Waals surface area contributed by atoms with E-state index in [0.29, 0.717) is 12.4 Å². The lowest BCUT2D eigenvalue weighted by molar-refractivity contribution is 0.330. The molecule has 2 rings (SSSR count). The number of pyridine rings is 1. The van der Waals surface area contributed by atoms with Crippen LogP contribution in [-0.4, -0.2) is 24.2 Å². The van der Waals surface area contributed by atoms with Gasteiger partial charge in [-0.1, -0.05) is 19.3 Å². The minimum absolute atomic E-state index is 0.0601. The van der Waals surface area contributed by atoms with Crippen LogP contribution in [0.15, 0.2) is 18.3 Å². The lowest BCUT2D eigenvalue weighted by Crippen LogP contribution is -2.46. The Morgan fingerprint density at radius 1 is 1.41 bits per heavy atom. The van der Waals surface area contributed by atoms with E-state index in [9.17, 15) is 0 Å². The van der Waals surface area contributed by atoms with Gasteiger partial charge in [-0.2, -0.15) is 0 Å². The summed E-state index contributed by atoms with van der Waals surface area (Å²) in [5.74, 6) is 0.637. The van der Waals surface area contributed by atoms with Crippen LogP contribution in [0, 0.1) is 0 Å². The maximum atomic E-state index is 5.95. The molecule has 0 spiro atoms. The Balaban J connectivity index is 2.11. The van der Waals surface area contributed by atoms with Crippen LogP contribution < -0.4 is 15.8 Å². The van der Waals surface area contributed by atoms with E-state index in [2.05, 4.69) is 10.3 Å². The summed E-state index contributed by atoms with van der Waals surface area (Å²) in [5, 5.41) is 3.57. The van der Waals surface area contributed by atoms with Crippen molar-refractivity contribution >= 4 is 5.69 Å². The molecule has 1 fully saturated rings. The fourth-order valence-corrected chi connectivity index (χ4v) is 2.51. The van der Waals surface area contributed by atoms with Crippen molar-refractivity contribution < 1.29 is 4.74 Å². The SMILES string of the molecule is COc1cc(NC2(CN)CCCCC2)ccn1. The van der Waals surface area contributed by atoms with Crippen LogP contribution in [0.1, 0.15) is 32.1 Å². The predicted octanol–water partition coefficient (Wildman–Crippen LogP) is 2.16. The molecule has 0 atom stereocenters. The zero-order chi connectivity index (χ0) is 12.1. The summed E-state index contributed by atoms with van der Waals surface area (Å²) >= 11 is 0. The average Bonchev–Trinajstić information content (AvgIpc) is 2.40. The Morgan fingerprint density at radius 3 is 2.82 bits per heavy atom. The molecule has 3 N–H and O–H groups in total. The standard InChI is InChI=1S/C13H21N3O/c1-17-12-9-11(5-8-15-12)16-13(10-14)6-3-2-4-7-13/h5,8-9H,2-4,6-7,10,14H2,1H3,(H,15,16). The summed E-state index contributed by atoms with van der Waals surface area (Å²) in [6.45, 7) is 0.678. The molecule has 4 heteroatoms. The average molecular weight is 235 g/mol. The third kappa shape index (κ3) is 2.88. The Bertz CT molecular complexity index is 361. The van der Waals surface area contributed by atoms with Gasteiger partial charge in [0.15, 0.2) is 0 Å². The highest BCUT2D eigenvalue weighted by Crippen LogP contribution is 2.31. The van der Waals surface area contributed by atoms with Crippen LogP contribution in [0.2, 0.25) is 0 Å². The molecule has 17 heavy (non-hydrogen) atoms. The van der Waals surface area contributed by atoms with Gasteiger partial charge in [-0.3, -0.25) is 0 Å². The number of anilines is 1. The molecular weight excluding hydrogens is 214 g/mol. The molecule has 0 aliphatic heterocycles. The Morgan fingerprint density at radius 2 is 2.18 bits per heavy atom. The van der Waals surface area contributed by atoms with Crippen molar-refractivity contribution in [3.63, 3.8) is 0 Å². The Labute approximate surface area is 103 Å². The summed E-state index contributed by atoms with van der Waals surface area (Å²) in [5.41, 5.74) is 7.05. The van der Waals surface area contributed by atoms with Crippen LogP contribution in [0.3, 0.4) is 0 Å². The largest absolute Gasteiger partial charge is 0.481 e. The topological polar surface area (TPSA) is 60.2 Å². The van der Waals surface area contributed by atoms with Gasteiger partial charge in [0.05, 0.1) is 7.11 Å². The van der Waals surface area contributed by atoms with Crippen molar-refractivity contribution in [3.8, 4) is 5.88 Å². The normalized spacial score (nSPS) is 18.7. The van der Waals surface area contributed by atoms with Gasteiger partial charge in [-0.15, -0.1) is 0 Å². The number of nitrogens with two attached hydrogens (primary N) is 1. The van der Waals surface area contributed by atoms with Gasteiger partial charge in [0.1, 0.15) is 0 Å². The lowest BCUT2D eigenvalue weighted by Gasteiger charge is -2.38. The maximum Gasteiger partial charge on any atom is 0.214 e. The van der Waals surface area contributed by atoms with Crippen molar-refractivity contribution in [2.75, 3.05) is 19.0 Å². The van der Waals surface area contributed by atoms with Crippen molar-refractivity contribution in [2.45, 2.75) is 37.6 Å². The van der Waals surface area contributed by atoms with Crippen LogP contribution in [0.5, 0.6) is 5.88 Å². The zero-order valence-corrected chi connectivity index (χ0v) is 10.4. The molecule has 0 radical (unpaired) electrons. The summed E-state index contributed by atoms with van der Waals surface area (Å²) in [4.78, 5) is 4.11. The fourth-order valence-electron chi connectivity index (χ4n) is 2.51. The summed E-state index contributed by atoms with van der Waals surface area (Å²) < 4.78 is 5.13. The van der Waals surface area contributed by atoms with Crippen LogP contribution in [-0.2, 0) is 0 Å². The second kappa shape index (κ2) is 5.36. The van der Waals surface area contributed by atoms with Crippen molar-refractivity contribution in [1.29, 1.82) is 0 Å². The highest BCUT2D eigenvalue weighted by molar-refractivity contribution is 5.47. The molecule has 1 saturated carbocycles. The van der Waals surface area contributed by atoms with E-state index in [4.69, 9.17) is 10.5 Å². The highest BCUT2D eigenvalue weighted by Gasteiger charge is 2.30. The van der Waals surface area contributed by atoms with Gasteiger partial charge in [0, 0.05) is 30.0 Å². The molecule has 0 saturated heterocycles. The molecular formula is C13H21N3O. The van der Waals surface area contributed by atoms with Crippen LogP contribution in [0.4, 0.5) is 5.69 Å². The number of hydrogen-bond donors (Lipinski definition) is 2. The number of nitrogens with one attached hydrogen (secondary N) is 1. The molecule has 0 unspecified atom stereocenters. The van der Waals surface area contributed by atoms with E-state index >= 15 is 0 Å². The quantitative estimate of drug-likeness (QED) is 0.839. The zero-order valence-electron chi connectivity index (χ0n) is 10.4. The molecule has 0 bridgehead atoms. The first-order valence-corrected chi connectivity index (χ1v) is 6.26. The highest BCUT2D eigenvalue weighted by atomic mass is 16.5. The van der Waals surface area contributed by atoms with Crippen molar-refractivity contribution in [2.24, 2.45) is 5.73 Å². The predicted molar refractivity (Wildman–Crippen MR) is 69.3 cm³/mol. The van der Waals surface area contributed by atoms with Crippen LogP contribution >= 0.6 is 0 Å². The first kappa shape index (κ1) is 12.2. The van der Waals surface area contributed by atoms with E-state index in [1.807, 2.05) is 12.1 Å². The van der Waals surface area contributed by atoms with E-state index in [1.165, 1.54) is 19.3 Å². The maximum absolute atomic E-state index is 5.95. The van der Waals surface area contributed by atoms with E-state index in [1.54, 1.807) is 13.3 Å². The van der Waals surface area contributed by atoms with Crippen molar-refractivity contribution in [3.05, 3.63) is 18.3 Å². The van der Waals surface area contributed by atoms with Gasteiger partial charge >= 0.3 is 0 Å². The smallest absolute Gasteiger partial charge is 0.214 e. The van der Waals surface area contributed by atoms with Crippen molar-refractivity contribution in [1.82, 2.24) is 4.98 Å². The molecule has 4 nitrogen and oxygen atoms in total. The number of hydrogen-bond acceptors (Lipinski definition) is 4. The van der Waals surface area contributed by atoms with Gasteiger partial charge in [-0.25, -0.2) is 4.98 Å². The number of rotatable bonds is 4. The second-order valence-electron chi connectivity index (χ2n) is 4.76. The summed E-state index contributed by atoms with van der Waals surface area (Å²) in [7, 11) is 1.63. The van der Waals surface area contributed by atoms with Gasteiger partial charge in [0.25, 0.3) is 0 Å². The molecule has 1 aromatic heterocycles. The molecule has 1 heterocycles. The number of methoxy groups -OCH3 is 1. The van der Waals surface area contributed by atoms with E-state index in [-0.39, 0.29) is 5.54 Å². The van der Waals surface area contributed by atoms with Crippen LogP contribution in [0.25, 0.3) is 0 Å². The van der Waals surface area contributed by atoms with Gasteiger partial charge < -0.3 is 15.8 Å². The minimum Gasteiger partial charge on any atom is -0.481 e. The van der Waals surface area contributed by atoms with E-state index in [0.717, 1.165) is 18.5 Å². The molecule has 94 valence electrons. The molecule has 1 aromatic rings. The third-order valence-corrected chi connectivity index (χ3v) is 3.55. The number of nitrogens with zero attached hydrogens (tertiary/aromatic N) is 1. The lowest BCUT2D eigenvalue weighted by atomic mass is 9.81. The first-order chi connectivity index (χ1) is 8.28. The summed E-state index contributed by atoms with van der Waals surface area (Å²) in [6, 6.07) is 3.89. The van der Waals surface area contributed by atoms with Gasteiger partial charge in [0.2, 0.25) is 5.88 Å². The second-order valence-corrected chi connectivity index (χ2v) is 4.76. The number of aromatic nitrogens is 1. The first-order valence-electron chi connectivity index (χ1n) is 6.26.